The molecule has 0 saturated carbocycles. The van der Waals surface area contributed by atoms with E-state index in [1.807, 2.05) is 27.7 Å². The molecule has 4 nitrogen and oxygen atoms in total. The quantitative estimate of drug-likeness (QED) is 0.714. The zero-order chi connectivity index (χ0) is 11.2. The minimum Gasteiger partial charge on any atom is -0.364 e. The van der Waals surface area contributed by atoms with E-state index < -0.39 is 5.41 Å². The van der Waals surface area contributed by atoms with Crippen LogP contribution < -0.4 is 5.32 Å². The van der Waals surface area contributed by atoms with Crippen molar-refractivity contribution in [3.8, 4) is 0 Å². The van der Waals surface area contributed by atoms with Crippen LogP contribution in [0.5, 0.6) is 0 Å². The Bertz CT molecular complexity index is 206. The summed E-state index contributed by atoms with van der Waals surface area (Å²) in [7, 11) is 0. The molecule has 1 amide bonds. The van der Waals surface area contributed by atoms with Gasteiger partial charge in [-0.15, -0.1) is 0 Å². The van der Waals surface area contributed by atoms with Crippen molar-refractivity contribution in [2.75, 3.05) is 19.8 Å². The summed E-state index contributed by atoms with van der Waals surface area (Å²) < 4.78 is 4.97. The number of ketones is 1. The van der Waals surface area contributed by atoms with Gasteiger partial charge < -0.3 is 10.1 Å². The van der Waals surface area contributed by atoms with Gasteiger partial charge in [-0.05, 0) is 6.92 Å². The Morgan fingerprint density at radius 1 is 1.21 bits per heavy atom. The van der Waals surface area contributed by atoms with Crippen LogP contribution in [0.4, 0.5) is 0 Å². The van der Waals surface area contributed by atoms with E-state index in [4.69, 9.17) is 4.74 Å². The third kappa shape index (κ3) is 5.70. The zero-order valence-corrected chi connectivity index (χ0v) is 9.35. The predicted octanol–water partition coefficient (Wildman–Crippen LogP) is 0.754. The van der Waals surface area contributed by atoms with Crippen LogP contribution in [0.2, 0.25) is 0 Å². The van der Waals surface area contributed by atoms with E-state index in [0.717, 1.165) is 0 Å². The second-order valence-corrected chi connectivity index (χ2v) is 4.12. The summed E-state index contributed by atoms with van der Waals surface area (Å²) in [4.78, 5) is 22.3. The lowest BCUT2D eigenvalue weighted by molar-refractivity contribution is -0.134. The van der Waals surface area contributed by atoms with E-state index in [9.17, 15) is 9.59 Å². The number of amides is 1. The SMILES string of the molecule is CCNC(=O)COCC(=O)C(C)(C)C. The summed E-state index contributed by atoms with van der Waals surface area (Å²) in [5, 5.41) is 2.58. The number of hydrogen-bond donors (Lipinski definition) is 1. The molecule has 0 spiro atoms. The van der Waals surface area contributed by atoms with E-state index in [0.29, 0.717) is 6.54 Å². The molecular formula is C10H19NO3. The molecule has 1 N–H and O–H groups in total. The topological polar surface area (TPSA) is 55.4 Å². The Balaban J connectivity index is 3.65. The van der Waals surface area contributed by atoms with Gasteiger partial charge in [0, 0.05) is 12.0 Å². The van der Waals surface area contributed by atoms with Crippen LogP contribution in [-0.2, 0) is 14.3 Å². The van der Waals surface area contributed by atoms with Gasteiger partial charge in [0.15, 0.2) is 5.78 Å². The highest BCUT2D eigenvalue weighted by Crippen LogP contribution is 2.14. The molecule has 0 heterocycles. The van der Waals surface area contributed by atoms with Gasteiger partial charge in [-0.2, -0.15) is 0 Å². The molecule has 0 atom stereocenters. The highest BCUT2D eigenvalue weighted by atomic mass is 16.5. The second-order valence-electron chi connectivity index (χ2n) is 4.12. The molecule has 14 heavy (non-hydrogen) atoms. The fourth-order valence-corrected chi connectivity index (χ4v) is 0.701. The highest BCUT2D eigenvalue weighted by molar-refractivity contribution is 5.85. The number of nitrogens with one attached hydrogen (secondary N) is 1. The largest absolute Gasteiger partial charge is 0.364 e. The van der Waals surface area contributed by atoms with E-state index in [2.05, 4.69) is 5.32 Å². The van der Waals surface area contributed by atoms with Crippen LogP contribution in [0.15, 0.2) is 0 Å². The number of rotatable bonds is 5. The van der Waals surface area contributed by atoms with Crippen molar-refractivity contribution < 1.29 is 14.3 Å². The van der Waals surface area contributed by atoms with Gasteiger partial charge in [0.1, 0.15) is 13.2 Å². The molecule has 0 aromatic heterocycles. The normalized spacial score (nSPS) is 11.1. The van der Waals surface area contributed by atoms with Crippen molar-refractivity contribution in [1.29, 1.82) is 0 Å². The maximum absolute atomic E-state index is 11.3. The number of ether oxygens (including phenoxy) is 1. The van der Waals surface area contributed by atoms with Gasteiger partial charge in [0.05, 0.1) is 0 Å². The smallest absolute Gasteiger partial charge is 0.246 e. The van der Waals surface area contributed by atoms with Gasteiger partial charge in [-0.1, -0.05) is 20.8 Å². The van der Waals surface area contributed by atoms with Crippen LogP contribution in [0.1, 0.15) is 27.7 Å². The molecule has 0 unspecified atom stereocenters. The van der Waals surface area contributed by atoms with Gasteiger partial charge in [0.2, 0.25) is 5.91 Å². The van der Waals surface area contributed by atoms with Crippen molar-refractivity contribution in [3.63, 3.8) is 0 Å². The Labute approximate surface area is 85.0 Å². The summed E-state index contributed by atoms with van der Waals surface area (Å²) >= 11 is 0. The first-order valence-corrected chi connectivity index (χ1v) is 4.75. The van der Waals surface area contributed by atoms with Gasteiger partial charge in [-0.25, -0.2) is 0 Å². The molecule has 82 valence electrons. The summed E-state index contributed by atoms with van der Waals surface area (Å²) in [6.07, 6.45) is 0. The van der Waals surface area contributed by atoms with Crippen molar-refractivity contribution in [2.24, 2.45) is 5.41 Å². The molecule has 0 fully saturated rings. The van der Waals surface area contributed by atoms with Gasteiger partial charge in [-0.3, -0.25) is 9.59 Å². The Morgan fingerprint density at radius 2 is 1.79 bits per heavy atom. The summed E-state index contributed by atoms with van der Waals surface area (Å²) in [6.45, 7) is 7.84. The first-order chi connectivity index (χ1) is 6.38. The molecule has 0 saturated heterocycles. The Kier molecular flexibility index (Phi) is 5.38. The first kappa shape index (κ1) is 13.1. The lowest BCUT2D eigenvalue weighted by Gasteiger charge is -2.16. The van der Waals surface area contributed by atoms with E-state index in [1.54, 1.807) is 0 Å². The second kappa shape index (κ2) is 5.75. The lowest BCUT2D eigenvalue weighted by Crippen LogP contribution is -2.30. The molecule has 0 bridgehead atoms. The molecule has 0 aliphatic heterocycles. The number of hydrogen-bond acceptors (Lipinski definition) is 3. The molecule has 0 aromatic rings. The summed E-state index contributed by atoms with van der Waals surface area (Å²) in [6, 6.07) is 0. The minimum atomic E-state index is -0.402. The van der Waals surface area contributed by atoms with Crippen LogP contribution in [0.25, 0.3) is 0 Å². The Hall–Kier alpha value is -0.900. The Morgan fingerprint density at radius 3 is 2.21 bits per heavy atom. The highest BCUT2D eigenvalue weighted by Gasteiger charge is 2.21. The number of likely N-dealkylation sites (N-methyl/N-ethyl adjacent to an activating group) is 1. The van der Waals surface area contributed by atoms with Gasteiger partial charge in [0.25, 0.3) is 0 Å². The third-order valence-corrected chi connectivity index (χ3v) is 1.68. The van der Waals surface area contributed by atoms with Crippen molar-refractivity contribution in [3.05, 3.63) is 0 Å². The van der Waals surface area contributed by atoms with Crippen molar-refractivity contribution in [2.45, 2.75) is 27.7 Å². The number of carbonyl (C=O) groups excluding carboxylic acids is 2. The monoisotopic (exact) mass is 201 g/mol. The molecular weight excluding hydrogens is 182 g/mol. The molecule has 0 aliphatic carbocycles. The van der Waals surface area contributed by atoms with E-state index in [1.165, 1.54) is 0 Å². The molecule has 0 radical (unpaired) electrons. The van der Waals surface area contributed by atoms with Crippen molar-refractivity contribution in [1.82, 2.24) is 5.32 Å². The van der Waals surface area contributed by atoms with Crippen LogP contribution in [-0.4, -0.2) is 31.4 Å². The standard InChI is InChI=1S/C10H19NO3/c1-5-11-9(13)7-14-6-8(12)10(2,3)4/h5-7H2,1-4H3,(H,11,13). The molecule has 4 heteroatoms. The number of Topliss-reactive ketones (excluding diaryl/α,β-unsaturated/α-hetero) is 1. The fourth-order valence-electron chi connectivity index (χ4n) is 0.701. The van der Waals surface area contributed by atoms with Crippen molar-refractivity contribution >= 4 is 11.7 Å². The summed E-state index contributed by atoms with van der Waals surface area (Å²) in [5.41, 5.74) is -0.402. The molecule has 0 aromatic carbocycles. The zero-order valence-electron chi connectivity index (χ0n) is 9.35. The first-order valence-electron chi connectivity index (χ1n) is 4.75. The maximum atomic E-state index is 11.3. The van der Waals surface area contributed by atoms with Crippen LogP contribution >= 0.6 is 0 Å². The average Bonchev–Trinajstić information content (AvgIpc) is 2.02. The van der Waals surface area contributed by atoms with Gasteiger partial charge >= 0.3 is 0 Å². The molecule has 0 rings (SSSR count). The fraction of sp³-hybridized carbons (Fsp3) is 0.800. The predicted molar refractivity (Wildman–Crippen MR) is 54.0 cm³/mol. The average molecular weight is 201 g/mol. The van der Waals surface area contributed by atoms with Crippen LogP contribution in [0, 0.1) is 5.41 Å². The van der Waals surface area contributed by atoms with E-state index >= 15 is 0 Å². The maximum Gasteiger partial charge on any atom is 0.246 e. The molecule has 0 aliphatic rings. The third-order valence-electron chi connectivity index (χ3n) is 1.68. The minimum absolute atomic E-state index is 0.000629. The number of carbonyl (C=O) groups is 2. The lowest BCUT2D eigenvalue weighted by atomic mass is 9.91. The summed E-state index contributed by atoms with van der Waals surface area (Å²) in [5.74, 6) is -0.184. The van der Waals surface area contributed by atoms with Crippen LogP contribution in [0.3, 0.4) is 0 Å². The van der Waals surface area contributed by atoms with E-state index in [-0.39, 0.29) is 24.9 Å².